The van der Waals surface area contributed by atoms with Crippen molar-refractivity contribution in [3.63, 3.8) is 0 Å². The number of hydrogen-bond acceptors (Lipinski definition) is 2. The number of nitrogens with one attached hydrogen (secondary N) is 1. The van der Waals surface area contributed by atoms with Gasteiger partial charge in [0.2, 0.25) is 5.91 Å². The van der Waals surface area contributed by atoms with Gasteiger partial charge >= 0.3 is 0 Å². The third-order valence-corrected chi connectivity index (χ3v) is 3.67. The zero-order valence-corrected chi connectivity index (χ0v) is 11.8. The van der Waals surface area contributed by atoms with Crippen molar-refractivity contribution >= 4 is 5.91 Å². The number of piperidine rings is 1. The van der Waals surface area contributed by atoms with E-state index in [2.05, 4.69) is 41.4 Å². The fourth-order valence-electron chi connectivity index (χ4n) is 2.65. The van der Waals surface area contributed by atoms with Gasteiger partial charge in [0, 0.05) is 19.6 Å². The van der Waals surface area contributed by atoms with Crippen LogP contribution in [-0.4, -0.2) is 30.4 Å². The predicted octanol–water partition coefficient (Wildman–Crippen LogP) is 2.42. The molecular weight excluding hydrogens is 236 g/mol. The topological polar surface area (TPSA) is 32.3 Å². The molecule has 3 heteroatoms. The zero-order chi connectivity index (χ0) is 13.5. The molecule has 0 saturated carbocycles. The summed E-state index contributed by atoms with van der Waals surface area (Å²) in [7, 11) is 0. The summed E-state index contributed by atoms with van der Waals surface area (Å²) in [6, 6.07) is 10.5. The lowest BCUT2D eigenvalue weighted by molar-refractivity contribution is -0.126. The van der Waals surface area contributed by atoms with E-state index in [9.17, 15) is 4.79 Å². The first-order chi connectivity index (χ1) is 9.29. The van der Waals surface area contributed by atoms with E-state index in [0.717, 1.165) is 45.4 Å². The maximum Gasteiger partial charge on any atom is 0.224 e. The highest BCUT2D eigenvalue weighted by Crippen LogP contribution is 2.18. The average Bonchev–Trinajstić information content (AvgIpc) is 2.46. The Bertz CT molecular complexity index is 391. The van der Waals surface area contributed by atoms with Crippen LogP contribution >= 0.6 is 0 Å². The molecule has 0 aliphatic carbocycles. The van der Waals surface area contributed by atoms with E-state index < -0.39 is 0 Å². The van der Waals surface area contributed by atoms with Gasteiger partial charge in [-0.05, 0) is 31.4 Å². The van der Waals surface area contributed by atoms with Crippen molar-refractivity contribution in [3.8, 4) is 0 Å². The number of nitrogens with zero attached hydrogens (tertiary/aromatic N) is 1. The normalized spacial score (nSPS) is 20.2. The Morgan fingerprint density at radius 1 is 1.37 bits per heavy atom. The lowest BCUT2D eigenvalue weighted by Gasteiger charge is -2.32. The van der Waals surface area contributed by atoms with Gasteiger partial charge in [-0.25, -0.2) is 0 Å². The molecule has 0 bridgehead atoms. The van der Waals surface area contributed by atoms with Crippen molar-refractivity contribution < 1.29 is 4.79 Å². The van der Waals surface area contributed by atoms with Crippen LogP contribution in [0.15, 0.2) is 30.3 Å². The minimum absolute atomic E-state index is 0.170. The van der Waals surface area contributed by atoms with Gasteiger partial charge in [-0.3, -0.25) is 9.69 Å². The lowest BCUT2D eigenvalue weighted by atomic mass is 9.96. The summed E-state index contributed by atoms with van der Waals surface area (Å²) in [6.45, 7) is 5.84. The van der Waals surface area contributed by atoms with Gasteiger partial charge in [0.25, 0.3) is 0 Å². The Morgan fingerprint density at radius 2 is 2.16 bits per heavy atom. The van der Waals surface area contributed by atoms with Gasteiger partial charge < -0.3 is 5.32 Å². The molecule has 1 aromatic rings. The number of likely N-dealkylation sites (tertiary alicyclic amines) is 1. The van der Waals surface area contributed by atoms with Gasteiger partial charge in [-0.15, -0.1) is 0 Å². The maximum atomic E-state index is 12.0. The third-order valence-electron chi connectivity index (χ3n) is 3.67. The van der Waals surface area contributed by atoms with Crippen molar-refractivity contribution in [3.05, 3.63) is 35.9 Å². The molecule has 1 unspecified atom stereocenters. The summed E-state index contributed by atoms with van der Waals surface area (Å²) in [4.78, 5) is 14.4. The zero-order valence-electron chi connectivity index (χ0n) is 11.8. The molecule has 1 saturated heterocycles. The van der Waals surface area contributed by atoms with E-state index in [1.165, 1.54) is 5.56 Å². The van der Waals surface area contributed by atoms with Crippen molar-refractivity contribution in [2.24, 2.45) is 5.92 Å². The molecule has 0 radical (unpaired) electrons. The second kappa shape index (κ2) is 7.29. The van der Waals surface area contributed by atoms with Crippen molar-refractivity contribution in [2.45, 2.75) is 32.7 Å². The minimum Gasteiger partial charge on any atom is -0.356 e. The summed E-state index contributed by atoms with van der Waals surface area (Å²) in [5, 5.41) is 3.02. The summed E-state index contributed by atoms with van der Waals surface area (Å²) in [6.07, 6.45) is 3.16. The van der Waals surface area contributed by atoms with Crippen molar-refractivity contribution in [1.82, 2.24) is 10.2 Å². The summed E-state index contributed by atoms with van der Waals surface area (Å²) in [5.74, 6) is 0.406. The van der Waals surface area contributed by atoms with Gasteiger partial charge in [0.15, 0.2) is 0 Å². The van der Waals surface area contributed by atoms with Crippen LogP contribution in [0.25, 0.3) is 0 Å². The molecule has 1 N–H and O–H groups in total. The fourth-order valence-corrected chi connectivity index (χ4v) is 2.65. The summed E-state index contributed by atoms with van der Waals surface area (Å²) in [5.41, 5.74) is 1.33. The Labute approximate surface area is 116 Å². The summed E-state index contributed by atoms with van der Waals surface area (Å²) >= 11 is 0. The maximum absolute atomic E-state index is 12.0. The largest absolute Gasteiger partial charge is 0.356 e. The van der Waals surface area contributed by atoms with Gasteiger partial charge in [0.05, 0.1) is 5.92 Å². The molecule has 3 nitrogen and oxygen atoms in total. The molecule has 0 aromatic heterocycles. The predicted molar refractivity (Wildman–Crippen MR) is 77.7 cm³/mol. The van der Waals surface area contributed by atoms with Gasteiger partial charge in [-0.2, -0.15) is 0 Å². The number of carbonyl (C=O) groups excluding carboxylic acids is 1. The molecule has 1 heterocycles. The molecule has 1 aliphatic rings. The smallest absolute Gasteiger partial charge is 0.224 e. The van der Waals surface area contributed by atoms with Crippen molar-refractivity contribution in [1.29, 1.82) is 0 Å². The molecule has 1 aromatic carbocycles. The molecular formula is C16H24N2O. The first-order valence-corrected chi connectivity index (χ1v) is 7.33. The molecule has 1 fully saturated rings. The second-order valence-electron chi connectivity index (χ2n) is 5.35. The molecule has 0 spiro atoms. The van der Waals surface area contributed by atoms with Crippen LogP contribution in [0.5, 0.6) is 0 Å². The van der Waals surface area contributed by atoms with E-state index in [-0.39, 0.29) is 11.8 Å². The highest BCUT2D eigenvalue weighted by atomic mass is 16.1. The Morgan fingerprint density at radius 3 is 2.89 bits per heavy atom. The fraction of sp³-hybridized carbons (Fsp3) is 0.562. The average molecular weight is 260 g/mol. The van der Waals surface area contributed by atoms with Crippen molar-refractivity contribution in [2.75, 3.05) is 19.6 Å². The number of benzene rings is 1. The van der Waals surface area contributed by atoms with E-state index in [4.69, 9.17) is 0 Å². The third kappa shape index (κ3) is 4.35. The highest BCUT2D eigenvalue weighted by molar-refractivity contribution is 5.78. The monoisotopic (exact) mass is 260 g/mol. The van der Waals surface area contributed by atoms with Crippen LogP contribution in [0, 0.1) is 5.92 Å². The lowest BCUT2D eigenvalue weighted by Crippen LogP contribution is -2.42. The Hall–Kier alpha value is -1.35. The van der Waals surface area contributed by atoms with Crippen LogP contribution in [0.3, 0.4) is 0 Å². The SMILES string of the molecule is CCCNC(=O)C1CCCN(Cc2ccccc2)C1. The van der Waals surface area contributed by atoms with E-state index >= 15 is 0 Å². The molecule has 1 atom stereocenters. The molecule has 1 amide bonds. The molecule has 2 rings (SSSR count). The van der Waals surface area contributed by atoms with Crippen LogP contribution in [0.1, 0.15) is 31.7 Å². The quantitative estimate of drug-likeness (QED) is 0.882. The van der Waals surface area contributed by atoms with Crippen LogP contribution in [0.2, 0.25) is 0 Å². The van der Waals surface area contributed by atoms with Crippen LogP contribution < -0.4 is 5.32 Å². The number of rotatable bonds is 5. The van der Waals surface area contributed by atoms with E-state index in [0.29, 0.717) is 0 Å². The number of hydrogen-bond donors (Lipinski definition) is 1. The Balaban J connectivity index is 1.85. The molecule has 19 heavy (non-hydrogen) atoms. The molecule has 1 aliphatic heterocycles. The minimum atomic E-state index is 0.170. The first kappa shape index (κ1) is 14.1. The van der Waals surface area contributed by atoms with Gasteiger partial charge in [-0.1, -0.05) is 37.3 Å². The highest BCUT2D eigenvalue weighted by Gasteiger charge is 2.25. The number of carbonyl (C=O) groups is 1. The first-order valence-electron chi connectivity index (χ1n) is 7.33. The Kier molecular flexibility index (Phi) is 5.40. The van der Waals surface area contributed by atoms with Gasteiger partial charge in [0.1, 0.15) is 0 Å². The van der Waals surface area contributed by atoms with E-state index in [1.807, 2.05) is 6.07 Å². The second-order valence-corrected chi connectivity index (χ2v) is 5.35. The van der Waals surface area contributed by atoms with Crippen LogP contribution in [0.4, 0.5) is 0 Å². The molecule has 104 valence electrons. The van der Waals surface area contributed by atoms with Crippen LogP contribution in [-0.2, 0) is 11.3 Å². The standard InChI is InChI=1S/C16H24N2O/c1-2-10-17-16(19)15-9-6-11-18(13-15)12-14-7-4-3-5-8-14/h3-5,7-8,15H,2,6,9-13H2,1H3,(H,17,19). The number of amides is 1. The summed E-state index contributed by atoms with van der Waals surface area (Å²) < 4.78 is 0. The van der Waals surface area contributed by atoms with E-state index in [1.54, 1.807) is 0 Å².